The number of anilines is 2. The summed E-state index contributed by atoms with van der Waals surface area (Å²) < 4.78 is 36.8. The molecule has 0 aliphatic rings. The van der Waals surface area contributed by atoms with Crippen molar-refractivity contribution in [2.24, 2.45) is 0 Å². The van der Waals surface area contributed by atoms with E-state index in [0.29, 0.717) is 22.5 Å². The van der Waals surface area contributed by atoms with Gasteiger partial charge in [0.15, 0.2) is 6.26 Å². The summed E-state index contributed by atoms with van der Waals surface area (Å²) in [5.74, 6) is -0.834. The molecule has 9 heteroatoms. The van der Waals surface area contributed by atoms with Crippen LogP contribution < -0.4 is 20.3 Å². The Labute approximate surface area is 170 Å². The van der Waals surface area contributed by atoms with E-state index in [1.54, 1.807) is 13.0 Å². The fourth-order valence-electron chi connectivity index (χ4n) is 2.86. The Kier molecular flexibility index (Phi) is 6.89. The maximum absolute atomic E-state index is 13.2. The van der Waals surface area contributed by atoms with Crippen molar-refractivity contribution in [3.63, 3.8) is 0 Å². The van der Waals surface area contributed by atoms with Crippen LogP contribution in [0.5, 0.6) is 0 Å². The van der Waals surface area contributed by atoms with Crippen LogP contribution >= 0.6 is 0 Å². The average molecular weight is 421 g/mol. The second kappa shape index (κ2) is 8.97. The predicted octanol–water partition coefficient (Wildman–Crippen LogP) is 1.34. The summed E-state index contributed by atoms with van der Waals surface area (Å²) in [5.41, 5.74) is 8.42. The first-order valence-electron chi connectivity index (χ1n) is 8.79. The van der Waals surface area contributed by atoms with E-state index < -0.39 is 22.1 Å². The SMILES string of the molecule is C=Cc1cc(C(=[NH+]c2ccc(F)cc2)C(=O)NC)c(N)cc1N(CC)[S+](C)(=O)O. The van der Waals surface area contributed by atoms with E-state index in [0.717, 1.165) is 0 Å². The average Bonchev–Trinajstić information content (AvgIpc) is 2.67. The molecule has 0 aliphatic carbocycles. The lowest BCUT2D eigenvalue weighted by Gasteiger charge is -2.21. The van der Waals surface area contributed by atoms with Crippen molar-refractivity contribution < 1.29 is 22.9 Å². The van der Waals surface area contributed by atoms with Gasteiger partial charge >= 0.3 is 16.3 Å². The van der Waals surface area contributed by atoms with Gasteiger partial charge in [0.25, 0.3) is 5.71 Å². The second-order valence-corrected chi connectivity index (χ2v) is 8.21. The van der Waals surface area contributed by atoms with Gasteiger partial charge in [-0.2, -0.15) is 13.9 Å². The lowest BCUT2D eigenvalue weighted by Crippen LogP contribution is -2.70. The minimum Gasteiger partial charge on any atom is -0.398 e. The molecule has 0 fully saturated rings. The molecule has 7 nitrogen and oxygen atoms in total. The molecule has 1 amide bonds. The summed E-state index contributed by atoms with van der Waals surface area (Å²) >= 11 is 0. The van der Waals surface area contributed by atoms with Gasteiger partial charge in [0.2, 0.25) is 5.69 Å². The molecule has 0 heterocycles. The number of likely N-dealkylation sites (N-methyl/N-ethyl adjacent to an activating group) is 1. The Morgan fingerprint density at radius 1 is 1.38 bits per heavy atom. The Hall–Kier alpha value is -3.04. The molecule has 0 bridgehead atoms. The molecule has 0 aromatic heterocycles. The van der Waals surface area contributed by atoms with Crippen molar-refractivity contribution in [1.29, 1.82) is 0 Å². The van der Waals surface area contributed by atoms with E-state index >= 15 is 0 Å². The number of nitrogens with zero attached hydrogens (tertiary/aromatic N) is 1. The number of amides is 1. The second-order valence-electron chi connectivity index (χ2n) is 6.25. The Morgan fingerprint density at radius 3 is 2.48 bits per heavy atom. The number of hydrogen-bond acceptors (Lipinski definition) is 3. The van der Waals surface area contributed by atoms with Crippen LogP contribution in [0.3, 0.4) is 0 Å². The van der Waals surface area contributed by atoms with Crippen LogP contribution in [0.2, 0.25) is 0 Å². The molecule has 5 N–H and O–H groups in total. The topological polar surface area (TPSA) is 110 Å². The fourth-order valence-corrected chi connectivity index (χ4v) is 3.86. The van der Waals surface area contributed by atoms with Gasteiger partial charge in [-0.05, 0) is 35.4 Å². The van der Waals surface area contributed by atoms with E-state index in [-0.39, 0.29) is 17.9 Å². The maximum Gasteiger partial charge on any atom is 0.316 e. The molecule has 2 rings (SSSR count). The van der Waals surface area contributed by atoms with Gasteiger partial charge in [-0.3, -0.25) is 4.79 Å². The number of nitrogens with two attached hydrogens (primary N) is 1. The molecule has 1 unspecified atom stereocenters. The van der Waals surface area contributed by atoms with Gasteiger partial charge in [-0.15, -0.1) is 0 Å². The highest BCUT2D eigenvalue weighted by atomic mass is 32.3. The summed E-state index contributed by atoms with van der Waals surface area (Å²) in [6, 6.07) is 8.67. The van der Waals surface area contributed by atoms with Gasteiger partial charge in [-0.1, -0.05) is 12.7 Å². The molecule has 0 spiro atoms. The van der Waals surface area contributed by atoms with E-state index in [9.17, 15) is 17.9 Å². The number of rotatable bonds is 7. The molecule has 29 heavy (non-hydrogen) atoms. The van der Waals surface area contributed by atoms with Crippen LogP contribution in [0.4, 0.5) is 21.5 Å². The monoisotopic (exact) mass is 420 g/mol. The number of carbonyl (C=O) groups is 1. The molecular formula is C20H25FN4O3S+2. The Morgan fingerprint density at radius 2 is 2.00 bits per heavy atom. The summed E-state index contributed by atoms with van der Waals surface area (Å²) in [6.07, 6.45) is 2.73. The minimum absolute atomic E-state index is 0.149. The molecule has 0 saturated heterocycles. The molecule has 2 aromatic carbocycles. The van der Waals surface area contributed by atoms with Crippen molar-refractivity contribution >= 4 is 45.2 Å². The number of nitrogen functional groups attached to an aromatic ring is 1. The molecule has 0 aliphatic heterocycles. The van der Waals surface area contributed by atoms with Crippen LogP contribution in [0.1, 0.15) is 18.1 Å². The lowest BCUT2D eigenvalue weighted by molar-refractivity contribution is -0.352. The van der Waals surface area contributed by atoms with Crippen LogP contribution in [0.15, 0.2) is 43.0 Å². The van der Waals surface area contributed by atoms with Gasteiger partial charge in [0.05, 0.1) is 17.8 Å². The largest absolute Gasteiger partial charge is 0.398 e. The molecule has 0 radical (unpaired) electrons. The zero-order chi connectivity index (χ0) is 21.8. The first-order chi connectivity index (χ1) is 13.6. The maximum atomic E-state index is 13.2. The van der Waals surface area contributed by atoms with Gasteiger partial charge < -0.3 is 11.1 Å². The lowest BCUT2D eigenvalue weighted by atomic mass is 10.0. The minimum atomic E-state index is -3.28. The van der Waals surface area contributed by atoms with Crippen LogP contribution in [-0.4, -0.2) is 36.0 Å². The number of hydrogen-bond donors (Lipinski definition) is 4. The summed E-state index contributed by atoms with van der Waals surface area (Å²) in [6.45, 7) is 5.78. The van der Waals surface area contributed by atoms with Crippen molar-refractivity contribution in [3.8, 4) is 0 Å². The van der Waals surface area contributed by atoms with Gasteiger partial charge in [-0.25, -0.2) is 4.39 Å². The number of nitrogens with one attached hydrogen (secondary N) is 2. The first kappa shape index (κ1) is 22.3. The molecule has 2 aromatic rings. The molecular weight excluding hydrogens is 395 g/mol. The van der Waals surface area contributed by atoms with Crippen molar-refractivity contribution in [1.82, 2.24) is 5.32 Å². The first-order valence-corrected chi connectivity index (χ1v) is 10.7. The third-order valence-electron chi connectivity index (χ3n) is 4.22. The fraction of sp³-hybridized carbons (Fsp3) is 0.200. The third kappa shape index (κ3) is 5.07. The highest BCUT2D eigenvalue weighted by molar-refractivity contribution is 7.98. The van der Waals surface area contributed by atoms with Crippen molar-refractivity contribution in [3.05, 3.63) is 59.9 Å². The highest BCUT2D eigenvalue weighted by Crippen LogP contribution is 2.30. The van der Waals surface area contributed by atoms with Crippen LogP contribution in [0.25, 0.3) is 6.08 Å². The Balaban J connectivity index is 2.69. The third-order valence-corrected chi connectivity index (χ3v) is 5.49. The van der Waals surface area contributed by atoms with Crippen molar-refractivity contribution in [2.45, 2.75) is 6.92 Å². The zero-order valence-corrected chi connectivity index (χ0v) is 17.3. The number of benzene rings is 2. The van der Waals surface area contributed by atoms with E-state index in [1.807, 2.05) is 0 Å². The van der Waals surface area contributed by atoms with Crippen LogP contribution in [0, 0.1) is 5.82 Å². The molecule has 0 saturated carbocycles. The Bertz CT molecular complexity index is 1000. The summed E-state index contributed by atoms with van der Waals surface area (Å²) in [4.78, 5) is 15.5. The summed E-state index contributed by atoms with van der Waals surface area (Å²) in [7, 11) is -1.80. The van der Waals surface area contributed by atoms with Crippen molar-refractivity contribution in [2.75, 3.05) is 29.9 Å². The predicted molar refractivity (Wildman–Crippen MR) is 116 cm³/mol. The molecule has 1 atom stereocenters. The smallest absolute Gasteiger partial charge is 0.316 e. The van der Waals surface area contributed by atoms with E-state index in [1.165, 1.54) is 54.0 Å². The normalized spacial score (nSPS) is 13.5. The molecule has 154 valence electrons. The van der Waals surface area contributed by atoms with Gasteiger partial charge in [0, 0.05) is 30.4 Å². The number of carbonyl (C=O) groups excluding carboxylic acids is 1. The number of halogens is 1. The van der Waals surface area contributed by atoms with Gasteiger partial charge in [0.1, 0.15) is 5.82 Å². The van der Waals surface area contributed by atoms with E-state index in [2.05, 4.69) is 16.9 Å². The summed E-state index contributed by atoms with van der Waals surface area (Å²) in [5, 5.41) is 2.54. The highest BCUT2D eigenvalue weighted by Gasteiger charge is 2.31. The standard InChI is InChI=1S/C20H23FN4O3S/c1-5-13-11-16(17(22)12-18(13)25(6-2)29(4,27)28)19(20(26)23-3)24-15-9-7-14(21)8-10-15/h5,7-12H,1,6H2,2-4H3,(H3-,22,23,24,26,27,28)/p+2. The van der Waals surface area contributed by atoms with E-state index in [4.69, 9.17) is 5.73 Å². The van der Waals surface area contributed by atoms with Crippen LogP contribution in [-0.2, 0) is 19.4 Å². The zero-order valence-electron chi connectivity index (χ0n) is 16.5. The quantitative estimate of drug-likeness (QED) is 0.308.